The highest BCUT2D eigenvalue weighted by Crippen LogP contribution is 2.12. The first-order valence-electron chi connectivity index (χ1n) is 4.55. The molecule has 0 aliphatic heterocycles. The van der Waals surface area contributed by atoms with Crippen LogP contribution >= 0.6 is 0 Å². The normalized spacial score (nSPS) is 10.5. The fourth-order valence-electron chi connectivity index (χ4n) is 1.04. The lowest BCUT2D eigenvalue weighted by Gasteiger charge is -1.98. The van der Waals surface area contributed by atoms with Gasteiger partial charge in [-0.15, -0.1) is 0 Å². The Morgan fingerprint density at radius 2 is 2.33 bits per heavy atom. The molecule has 0 aliphatic rings. The predicted octanol–water partition coefficient (Wildman–Crippen LogP) is 1.56. The predicted molar refractivity (Wildman–Crippen MR) is 58.5 cm³/mol. The lowest BCUT2D eigenvalue weighted by molar-refractivity contribution is -0.118. The number of hydrogen-bond donors (Lipinski definition) is 2. The van der Waals surface area contributed by atoms with Crippen LogP contribution in [0.1, 0.15) is 12.5 Å². The average Bonchev–Trinajstić information content (AvgIpc) is 2.18. The summed E-state index contributed by atoms with van der Waals surface area (Å²) in [5.41, 5.74) is 6.18. The number of halogens is 1. The van der Waals surface area contributed by atoms with E-state index < -0.39 is 5.82 Å². The van der Waals surface area contributed by atoms with Gasteiger partial charge < -0.3 is 11.1 Å². The summed E-state index contributed by atoms with van der Waals surface area (Å²) in [6, 6.07) is 4.57. The van der Waals surface area contributed by atoms with E-state index in [1.807, 2.05) is 0 Å². The molecular formula is C11H13FN2O. The van der Waals surface area contributed by atoms with Crippen molar-refractivity contribution >= 4 is 17.7 Å². The van der Waals surface area contributed by atoms with Crippen molar-refractivity contribution in [1.29, 1.82) is 0 Å². The van der Waals surface area contributed by atoms with Crippen LogP contribution in [-0.2, 0) is 4.79 Å². The van der Waals surface area contributed by atoms with Gasteiger partial charge in [0.15, 0.2) is 0 Å². The quantitative estimate of drug-likeness (QED) is 0.740. The highest BCUT2D eigenvalue weighted by molar-refractivity contribution is 5.73. The van der Waals surface area contributed by atoms with Gasteiger partial charge in [-0.25, -0.2) is 4.39 Å². The molecule has 0 saturated carbocycles. The molecule has 0 saturated heterocycles. The molecule has 1 rings (SSSR count). The van der Waals surface area contributed by atoms with E-state index in [1.54, 1.807) is 18.2 Å². The van der Waals surface area contributed by atoms with Crippen LogP contribution in [0.5, 0.6) is 0 Å². The Bertz CT molecular complexity index is 388. The molecule has 0 bridgehead atoms. The second-order valence-electron chi connectivity index (χ2n) is 3.12. The van der Waals surface area contributed by atoms with Gasteiger partial charge in [0, 0.05) is 13.5 Å². The largest absolute Gasteiger partial charge is 0.396 e. The van der Waals surface area contributed by atoms with Gasteiger partial charge in [0.25, 0.3) is 0 Å². The molecule has 1 aromatic carbocycles. The standard InChI is InChI=1S/C11H13FN2O/c1-8(15)14-6-2-3-9-4-5-11(13)10(12)7-9/h2-5,7H,6,13H2,1H3,(H,14,15). The third-order valence-corrected chi connectivity index (χ3v) is 1.80. The molecule has 0 radical (unpaired) electrons. The Morgan fingerprint density at radius 3 is 2.93 bits per heavy atom. The molecule has 0 heterocycles. The summed E-state index contributed by atoms with van der Waals surface area (Å²) in [4.78, 5) is 10.5. The van der Waals surface area contributed by atoms with Gasteiger partial charge in [-0.1, -0.05) is 18.2 Å². The van der Waals surface area contributed by atoms with E-state index in [9.17, 15) is 9.18 Å². The van der Waals surface area contributed by atoms with Crippen molar-refractivity contribution in [2.45, 2.75) is 6.92 Å². The SMILES string of the molecule is CC(=O)NCC=Cc1ccc(N)c(F)c1. The van der Waals surface area contributed by atoms with Crippen molar-refractivity contribution in [3.05, 3.63) is 35.7 Å². The van der Waals surface area contributed by atoms with E-state index in [1.165, 1.54) is 19.1 Å². The fourth-order valence-corrected chi connectivity index (χ4v) is 1.04. The minimum Gasteiger partial charge on any atom is -0.396 e. The van der Waals surface area contributed by atoms with Crippen LogP contribution < -0.4 is 11.1 Å². The Hall–Kier alpha value is -1.84. The zero-order chi connectivity index (χ0) is 11.3. The molecule has 0 atom stereocenters. The number of nitrogens with one attached hydrogen (secondary N) is 1. The van der Waals surface area contributed by atoms with Gasteiger partial charge in [0.05, 0.1) is 5.69 Å². The van der Waals surface area contributed by atoms with Crippen molar-refractivity contribution in [1.82, 2.24) is 5.32 Å². The molecule has 15 heavy (non-hydrogen) atoms. The topological polar surface area (TPSA) is 55.1 Å². The maximum atomic E-state index is 13.0. The van der Waals surface area contributed by atoms with Crippen LogP contribution in [0.4, 0.5) is 10.1 Å². The summed E-state index contributed by atoms with van der Waals surface area (Å²) < 4.78 is 13.0. The molecular weight excluding hydrogens is 195 g/mol. The van der Waals surface area contributed by atoms with E-state index in [0.717, 1.165) is 0 Å². The first-order valence-corrected chi connectivity index (χ1v) is 4.55. The fraction of sp³-hybridized carbons (Fsp3) is 0.182. The lowest BCUT2D eigenvalue weighted by atomic mass is 10.2. The van der Waals surface area contributed by atoms with E-state index in [-0.39, 0.29) is 11.6 Å². The smallest absolute Gasteiger partial charge is 0.217 e. The van der Waals surface area contributed by atoms with Crippen LogP contribution in [0.15, 0.2) is 24.3 Å². The molecule has 0 fully saturated rings. The van der Waals surface area contributed by atoms with Crippen molar-refractivity contribution in [2.75, 3.05) is 12.3 Å². The number of nitrogens with two attached hydrogens (primary N) is 1. The van der Waals surface area contributed by atoms with Crippen molar-refractivity contribution in [3.63, 3.8) is 0 Å². The Balaban J connectivity index is 2.57. The van der Waals surface area contributed by atoms with E-state index >= 15 is 0 Å². The summed E-state index contributed by atoms with van der Waals surface area (Å²) in [6.07, 6.45) is 3.46. The molecule has 0 aromatic heterocycles. The molecule has 0 unspecified atom stereocenters. The Kier molecular flexibility index (Phi) is 3.85. The summed E-state index contributed by atoms with van der Waals surface area (Å²) in [5.74, 6) is -0.528. The van der Waals surface area contributed by atoms with Crippen molar-refractivity contribution in [3.8, 4) is 0 Å². The summed E-state index contributed by atoms with van der Waals surface area (Å²) in [5, 5.41) is 2.60. The zero-order valence-corrected chi connectivity index (χ0v) is 8.46. The van der Waals surface area contributed by atoms with Crippen LogP contribution in [0.3, 0.4) is 0 Å². The van der Waals surface area contributed by atoms with Gasteiger partial charge in [-0.3, -0.25) is 4.79 Å². The molecule has 1 amide bonds. The van der Waals surface area contributed by atoms with E-state index in [0.29, 0.717) is 12.1 Å². The Labute approximate surface area is 87.8 Å². The lowest BCUT2D eigenvalue weighted by Crippen LogP contribution is -2.19. The molecule has 0 spiro atoms. The third-order valence-electron chi connectivity index (χ3n) is 1.80. The van der Waals surface area contributed by atoms with Crippen LogP contribution in [0.25, 0.3) is 6.08 Å². The van der Waals surface area contributed by atoms with Crippen LogP contribution in [-0.4, -0.2) is 12.5 Å². The number of hydrogen-bond acceptors (Lipinski definition) is 2. The highest BCUT2D eigenvalue weighted by Gasteiger charge is 1.96. The maximum Gasteiger partial charge on any atom is 0.217 e. The molecule has 4 heteroatoms. The summed E-state index contributed by atoms with van der Waals surface area (Å²) in [7, 11) is 0. The van der Waals surface area contributed by atoms with E-state index in [2.05, 4.69) is 5.32 Å². The van der Waals surface area contributed by atoms with Gasteiger partial charge in [-0.05, 0) is 17.7 Å². The van der Waals surface area contributed by atoms with Gasteiger partial charge in [0.2, 0.25) is 5.91 Å². The average molecular weight is 208 g/mol. The number of rotatable bonds is 3. The monoisotopic (exact) mass is 208 g/mol. The minimum absolute atomic E-state index is 0.0943. The number of nitrogen functional groups attached to an aromatic ring is 1. The molecule has 80 valence electrons. The van der Waals surface area contributed by atoms with Gasteiger partial charge in [-0.2, -0.15) is 0 Å². The number of anilines is 1. The number of carbonyl (C=O) groups is 1. The van der Waals surface area contributed by atoms with E-state index in [4.69, 9.17) is 5.73 Å². The zero-order valence-electron chi connectivity index (χ0n) is 8.46. The molecule has 0 aliphatic carbocycles. The first kappa shape index (κ1) is 11.2. The molecule has 3 nitrogen and oxygen atoms in total. The minimum atomic E-state index is -0.434. The Morgan fingerprint density at radius 1 is 1.60 bits per heavy atom. The number of carbonyl (C=O) groups excluding carboxylic acids is 1. The number of benzene rings is 1. The van der Waals surface area contributed by atoms with Crippen LogP contribution in [0.2, 0.25) is 0 Å². The summed E-state index contributed by atoms with van der Waals surface area (Å²) in [6.45, 7) is 1.87. The first-order chi connectivity index (χ1) is 7.09. The molecule has 1 aromatic rings. The van der Waals surface area contributed by atoms with Gasteiger partial charge >= 0.3 is 0 Å². The number of amides is 1. The third kappa shape index (κ3) is 3.81. The van der Waals surface area contributed by atoms with Gasteiger partial charge in [0.1, 0.15) is 5.82 Å². The van der Waals surface area contributed by atoms with Crippen LogP contribution in [0, 0.1) is 5.82 Å². The maximum absolute atomic E-state index is 13.0. The highest BCUT2D eigenvalue weighted by atomic mass is 19.1. The second-order valence-corrected chi connectivity index (χ2v) is 3.12. The summed E-state index contributed by atoms with van der Waals surface area (Å²) >= 11 is 0. The second kappa shape index (κ2) is 5.14. The molecule has 3 N–H and O–H groups in total. The van der Waals surface area contributed by atoms with Crippen molar-refractivity contribution in [2.24, 2.45) is 0 Å². The van der Waals surface area contributed by atoms with Crippen molar-refractivity contribution < 1.29 is 9.18 Å².